The van der Waals surface area contributed by atoms with E-state index in [2.05, 4.69) is 9.88 Å². The van der Waals surface area contributed by atoms with Gasteiger partial charge < -0.3 is 14.2 Å². The fourth-order valence-corrected chi connectivity index (χ4v) is 6.72. The zero-order valence-electron chi connectivity index (χ0n) is 21.8. The first kappa shape index (κ1) is 24.0. The van der Waals surface area contributed by atoms with E-state index in [1.165, 1.54) is 21.8 Å². The molecule has 1 aliphatic carbocycles. The molecule has 0 aromatic carbocycles. The molecule has 200 valence electrons. The molecule has 0 N–H and O–H groups in total. The maximum Gasteiger partial charge on any atom is 0.238 e. The van der Waals surface area contributed by atoms with Crippen molar-refractivity contribution in [2.24, 2.45) is 0 Å². The number of thiazole rings is 1. The molecule has 1 fully saturated rings. The lowest BCUT2D eigenvalue weighted by Crippen LogP contribution is -2.51. The average Bonchev–Trinajstić information content (AvgIpc) is 3.74. The van der Waals surface area contributed by atoms with Crippen molar-refractivity contribution in [2.45, 2.75) is 58.0 Å². The van der Waals surface area contributed by atoms with Gasteiger partial charge in [0, 0.05) is 36.5 Å². The number of imidazole rings is 1. The Morgan fingerprint density at radius 3 is 2.59 bits per heavy atom. The Morgan fingerprint density at radius 2 is 1.82 bits per heavy atom. The van der Waals surface area contributed by atoms with Crippen molar-refractivity contribution in [1.29, 1.82) is 0 Å². The van der Waals surface area contributed by atoms with Gasteiger partial charge in [0.25, 0.3) is 0 Å². The van der Waals surface area contributed by atoms with Crippen molar-refractivity contribution >= 4 is 34.1 Å². The number of imide groups is 1. The van der Waals surface area contributed by atoms with Crippen LogP contribution in [0.15, 0.2) is 30.0 Å². The van der Waals surface area contributed by atoms with Crippen molar-refractivity contribution in [3.8, 4) is 23.0 Å². The molecule has 0 saturated carbocycles. The molecule has 1 unspecified atom stereocenters. The molecular formula is C27H28N8O3S. The summed E-state index contributed by atoms with van der Waals surface area (Å²) in [6.07, 6.45) is 8.39. The number of rotatable bonds is 5. The van der Waals surface area contributed by atoms with E-state index in [1.807, 2.05) is 39.9 Å². The minimum absolute atomic E-state index is 0.102. The SMILES string of the molecule is COc1nc(-c2csc(N3CC(N4C(=O)CCC4=O)Cn4nc5c(c43)CCCC5)n2)ccc1-n1cnc(C)c1. The van der Waals surface area contributed by atoms with Crippen LogP contribution in [-0.2, 0) is 29.0 Å². The van der Waals surface area contributed by atoms with Gasteiger partial charge in [-0.05, 0) is 44.7 Å². The number of hydrogen-bond donors (Lipinski definition) is 0. The van der Waals surface area contributed by atoms with Crippen LogP contribution in [0.25, 0.3) is 17.1 Å². The van der Waals surface area contributed by atoms with E-state index in [1.54, 1.807) is 13.4 Å². The summed E-state index contributed by atoms with van der Waals surface area (Å²) in [5.74, 6) is 1.32. The minimum Gasteiger partial charge on any atom is -0.479 e. The maximum atomic E-state index is 12.6. The molecule has 1 saturated heterocycles. The van der Waals surface area contributed by atoms with Gasteiger partial charge in [-0.25, -0.2) is 19.6 Å². The summed E-state index contributed by atoms with van der Waals surface area (Å²) in [6, 6.07) is 3.59. The van der Waals surface area contributed by atoms with E-state index in [9.17, 15) is 9.59 Å². The lowest BCUT2D eigenvalue weighted by molar-refractivity contribution is -0.141. The number of aryl methyl sites for hydroxylation is 2. The van der Waals surface area contributed by atoms with Crippen LogP contribution < -0.4 is 9.64 Å². The van der Waals surface area contributed by atoms with Crippen LogP contribution in [0.5, 0.6) is 5.88 Å². The Morgan fingerprint density at radius 1 is 1.00 bits per heavy atom. The number of nitrogens with zero attached hydrogens (tertiary/aromatic N) is 8. The van der Waals surface area contributed by atoms with E-state index in [0.717, 1.165) is 59.4 Å². The summed E-state index contributed by atoms with van der Waals surface area (Å²) in [5.41, 5.74) is 5.52. The second kappa shape index (κ2) is 9.30. The molecule has 7 rings (SSSR count). The Bertz CT molecular complexity index is 1590. The monoisotopic (exact) mass is 544 g/mol. The Balaban J connectivity index is 1.26. The molecule has 3 aliphatic rings. The van der Waals surface area contributed by atoms with Crippen LogP contribution in [0, 0.1) is 6.92 Å². The molecule has 1 atom stereocenters. The Labute approximate surface area is 229 Å². The summed E-state index contributed by atoms with van der Waals surface area (Å²) >= 11 is 1.52. The van der Waals surface area contributed by atoms with Crippen LogP contribution in [0.2, 0.25) is 0 Å². The highest BCUT2D eigenvalue weighted by atomic mass is 32.1. The van der Waals surface area contributed by atoms with Gasteiger partial charge in [-0.15, -0.1) is 11.3 Å². The van der Waals surface area contributed by atoms with Gasteiger partial charge in [-0.2, -0.15) is 5.10 Å². The molecule has 39 heavy (non-hydrogen) atoms. The second-order valence-corrected chi connectivity index (χ2v) is 11.1. The van der Waals surface area contributed by atoms with Gasteiger partial charge >= 0.3 is 0 Å². The number of methoxy groups -OCH3 is 1. The minimum atomic E-state index is -0.287. The van der Waals surface area contributed by atoms with E-state index in [0.29, 0.717) is 24.7 Å². The van der Waals surface area contributed by atoms with Crippen LogP contribution in [0.1, 0.15) is 42.6 Å². The van der Waals surface area contributed by atoms with E-state index in [4.69, 9.17) is 19.8 Å². The fourth-order valence-electron chi connectivity index (χ4n) is 5.89. The molecule has 12 heteroatoms. The summed E-state index contributed by atoms with van der Waals surface area (Å²) in [7, 11) is 1.60. The van der Waals surface area contributed by atoms with Gasteiger partial charge in [0.05, 0.1) is 43.1 Å². The highest BCUT2D eigenvalue weighted by Gasteiger charge is 2.41. The van der Waals surface area contributed by atoms with Gasteiger partial charge in [0.2, 0.25) is 17.7 Å². The molecule has 11 nitrogen and oxygen atoms in total. The van der Waals surface area contributed by atoms with Crippen molar-refractivity contribution in [1.82, 2.24) is 34.2 Å². The number of likely N-dealkylation sites (tertiary alicyclic amines) is 1. The lowest BCUT2D eigenvalue weighted by atomic mass is 9.97. The van der Waals surface area contributed by atoms with E-state index < -0.39 is 0 Å². The van der Waals surface area contributed by atoms with Crippen molar-refractivity contribution in [3.63, 3.8) is 0 Å². The molecular weight excluding hydrogens is 516 g/mol. The maximum absolute atomic E-state index is 12.6. The summed E-state index contributed by atoms with van der Waals surface area (Å²) in [5, 5.41) is 7.71. The number of amides is 2. The molecule has 0 radical (unpaired) electrons. The summed E-state index contributed by atoms with van der Waals surface area (Å²) < 4.78 is 9.49. The topological polar surface area (TPSA) is 111 Å². The standard InChI is InChI=1S/C27H28N8O3S/c1-16-11-32(15-28-16)22-8-7-20(29-25(22)38-2)21-14-39-27(30-21)33-12-17(35-23(36)9-10-24(35)37)13-34-26(33)18-5-3-4-6-19(18)31-34/h7-8,11,14-15,17H,3-6,9-10,12-13H2,1-2H3. The number of fused-ring (bicyclic) bond motifs is 3. The predicted octanol–water partition coefficient (Wildman–Crippen LogP) is 3.45. The number of pyridine rings is 1. The molecule has 4 aromatic heterocycles. The third-order valence-electron chi connectivity index (χ3n) is 7.69. The number of aromatic nitrogens is 6. The largest absolute Gasteiger partial charge is 0.479 e. The van der Waals surface area contributed by atoms with Crippen LogP contribution in [-0.4, -0.2) is 65.7 Å². The number of anilines is 2. The molecule has 6 heterocycles. The quantitative estimate of drug-likeness (QED) is 0.351. The van der Waals surface area contributed by atoms with Gasteiger partial charge in [-0.1, -0.05) is 0 Å². The number of carbonyl (C=O) groups excluding carboxylic acids is 2. The van der Waals surface area contributed by atoms with E-state index >= 15 is 0 Å². The molecule has 2 amide bonds. The number of hydrogen-bond acceptors (Lipinski definition) is 9. The zero-order chi connectivity index (χ0) is 26.7. The molecule has 4 aromatic rings. The van der Waals surface area contributed by atoms with Gasteiger partial charge in [0.15, 0.2) is 5.13 Å². The van der Waals surface area contributed by atoms with Gasteiger partial charge in [-0.3, -0.25) is 14.5 Å². The molecule has 0 bridgehead atoms. The third kappa shape index (κ3) is 4.01. The molecule has 0 spiro atoms. The van der Waals surface area contributed by atoms with Gasteiger partial charge in [0.1, 0.15) is 17.2 Å². The van der Waals surface area contributed by atoms with E-state index in [-0.39, 0.29) is 30.7 Å². The number of ether oxygens (including phenoxy) is 1. The highest BCUT2D eigenvalue weighted by Crippen LogP contribution is 2.40. The predicted molar refractivity (Wildman–Crippen MR) is 145 cm³/mol. The van der Waals surface area contributed by atoms with Crippen LogP contribution >= 0.6 is 11.3 Å². The first-order valence-corrected chi connectivity index (χ1v) is 14.1. The fraction of sp³-hybridized carbons (Fsp3) is 0.407. The lowest BCUT2D eigenvalue weighted by Gasteiger charge is -2.37. The third-order valence-corrected chi connectivity index (χ3v) is 8.55. The zero-order valence-corrected chi connectivity index (χ0v) is 22.6. The summed E-state index contributed by atoms with van der Waals surface area (Å²) in [6.45, 7) is 2.95. The first-order valence-electron chi connectivity index (χ1n) is 13.2. The van der Waals surface area contributed by atoms with Crippen LogP contribution in [0.3, 0.4) is 0 Å². The smallest absolute Gasteiger partial charge is 0.238 e. The van der Waals surface area contributed by atoms with Crippen LogP contribution in [0.4, 0.5) is 10.9 Å². The Hall–Kier alpha value is -4.06. The van der Waals surface area contributed by atoms with Crippen molar-refractivity contribution < 1.29 is 14.3 Å². The second-order valence-electron chi connectivity index (χ2n) is 10.2. The Kier molecular flexibility index (Phi) is 5.72. The highest BCUT2D eigenvalue weighted by molar-refractivity contribution is 7.14. The van der Waals surface area contributed by atoms with Crippen molar-refractivity contribution in [2.75, 3.05) is 18.6 Å². The number of carbonyl (C=O) groups is 2. The summed E-state index contributed by atoms with van der Waals surface area (Å²) in [4.78, 5) is 42.9. The molecule has 2 aliphatic heterocycles. The first-order chi connectivity index (χ1) is 19.0. The van der Waals surface area contributed by atoms with Crippen molar-refractivity contribution in [3.05, 3.63) is 47.0 Å². The normalized spacial score (nSPS) is 19.0. The average molecular weight is 545 g/mol.